The van der Waals surface area contributed by atoms with Crippen molar-refractivity contribution in [2.24, 2.45) is 5.92 Å². The van der Waals surface area contributed by atoms with Crippen LogP contribution in [0, 0.1) is 5.92 Å². The third-order valence-electron chi connectivity index (χ3n) is 18.5. The number of hydrogen-bond acceptors (Lipinski definition) is 15. The van der Waals surface area contributed by atoms with Crippen LogP contribution in [0.15, 0.2) is 182 Å². The van der Waals surface area contributed by atoms with Crippen molar-refractivity contribution >= 4 is 61.4 Å². The normalized spacial score (nSPS) is 25.6. The van der Waals surface area contributed by atoms with Crippen molar-refractivity contribution in [3.8, 4) is 0 Å². The molecule has 0 radical (unpaired) electrons. The van der Waals surface area contributed by atoms with Gasteiger partial charge in [0.1, 0.15) is 55.3 Å². The number of esters is 2. The molecule has 0 aliphatic carbocycles. The summed E-state index contributed by atoms with van der Waals surface area (Å²) in [4.78, 5) is 55.1. The molecule has 1 unspecified atom stereocenters. The average molecular weight is 1260 g/mol. The number of carbonyl (C=O) groups excluding carboxylic acids is 4. The maximum atomic E-state index is 15.1. The van der Waals surface area contributed by atoms with Crippen molar-refractivity contribution in [2.75, 3.05) is 27.9 Å². The maximum Gasteiger partial charge on any atom is 0.338 e. The van der Waals surface area contributed by atoms with Gasteiger partial charge in [-0.2, -0.15) is 0 Å². The smallest absolute Gasteiger partial charge is 0.338 e. The molecule has 6 aromatic carbocycles. The average Bonchev–Trinajstić information content (AvgIpc) is 1.31. The summed E-state index contributed by atoms with van der Waals surface area (Å²) in [6.07, 6.45) is -6.53. The molecule has 4 aliphatic heterocycles. The highest BCUT2D eigenvalue weighted by molar-refractivity contribution is 7.00. The number of hydrogen-bond donors (Lipinski definition) is 0. The summed E-state index contributed by atoms with van der Waals surface area (Å²) >= 11 is 0. The Kier molecular flexibility index (Phi) is 21.8. The highest BCUT2D eigenvalue weighted by Crippen LogP contribution is 2.49. The molecule has 10 rings (SSSR count). The standard InChI is InChI=1S/C73H88O15Si2/c1-72(2,3)89(54-32-20-12-21-33-54,55-34-22-13-23-35-55)87-66-60(42-43-74)86-68-67(66)85-59-41-40-52(82-65(59)69(68)88-90(73(4,5)6,56-36-24-14-25-37-56)57-38-26-15-27-39-57)44-51(75)45-58-61(47-63(78-7)79-8)84-62(64(58)80-9)46-53(83-71(77)50-30-18-11-19-31-50)48-81-70(76)49-28-16-10-17-29-49/h10-39,43,52-53,58-69H,40-42,44-48H2,1-9H3/t52-,53?,58+,59+,60-,61+,62-,64-,65+,66+,67+,68-,69+/m1/s1. The minimum atomic E-state index is -3.39. The van der Waals surface area contributed by atoms with Crippen LogP contribution in [0.4, 0.5) is 0 Å². The van der Waals surface area contributed by atoms with Crippen LogP contribution in [0.1, 0.15) is 107 Å². The molecule has 15 nitrogen and oxygen atoms in total. The predicted molar refractivity (Wildman–Crippen MR) is 347 cm³/mol. The van der Waals surface area contributed by atoms with E-state index in [1.165, 1.54) is 0 Å². The number of Topliss-reactive ketones (excluding diaryl/α,β-unsaturated/α-hetero) is 1. The molecule has 0 saturated carbocycles. The first-order chi connectivity index (χ1) is 43.4. The SMILES string of the molecule is COC(C[C@@H]1O[C@H](CC(COC(=O)c2ccccc2)OC(=O)c2ccccc2)[C@H](OC)[C@H]1CC(=O)C[C@H]1CC[C@@H]2O[C@@H]3[C@@H](O[C@H](CC=O)[C@@H]3O[Si](c3ccccc3)(c3ccccc3)C(C)(C)C)[C@@H](O[Si](c3ccccc3)(c3ccccc3)C(C)(C)C)[C@H]2O1)OC. The van der Waals surface area contributed by atoms with Gasteiger partial charge >= 0.3 is 11.9 Å². The van der Waals surface area contributed by atoms with Crippen molar-refractivity contribution in [2.45, 2.75) is 176 Å². The van der Waals surface area contributed by atoms with E-state index in [2.05, 4.69) is 139 Å². The minimum Gasteiger partial charge on any atom is -0.458 e. The summed E-state index contributed by atoms with van der Waals surface area (Å²) in [6.45, 7) is 13.2. The van der Waals surface area contributed by atoms with Gasteiger partial charge in [-0.25, -0.2) is 9.59 Å². The lowest BCUT2D eigenvalue weighted by molar-refractivity contribution is -0.254. The van der Waals surface area contributed by atoms with E-state index in [-0.39, 0.29) is 44.5 Å². The number of fused-ring (bicyclic) bond motifs is 2. The number of benzene rings is 6. The van der Waals surface area contributed by atoms with E-state index >= 15 is 4.79 Å². The molecule has 0 aromatic heterocycles. The molecule has 17 heteroatoms. The van der Waals surface area contributed by atoms with Crippen LogP contribution < -0.4 is 20.7 Å². The van der Waals surface area contributed by atoms with E-state index in [4.69, 9.17) is 51.5 Å². The molecule has 478 valence electrons. The number of ketones is 1. The predicted octanol–water partition coefficient (Wildman–Crippen LogP) is 9.78. The Balaban J connectivity index is 0.968. The molecule has 4 aliphatic rings. The monoisotopic (exact) mass is 1260 g/mol. The molecule has 6 aromatic rings. The number of ether oxygens (including phenoxy) is 9. The van der Waals surface area contributed by atoms with Crippen LogP contribution >= 0.6 is 0 Å². The molecule has 4 saturated heterocycles. The van der Waals surface area contributed by atoms with Gasteiger partial charge < -0.3 is 56.3 Å². The van der Waals surface area contributed by atoms with Crippen LogP contribution in [-0.4, -0.2) is 148 Å². The second-order valence-electron chi connectivity index (χ2n) is 26.2. The van der Waals surface area contributed by atoms with Crippen LogP contribution in [0.2, 0.25) is 10.1 Å². The zero-order chi connectivity index (χ0) is 63.6. The third kappa shape index (κ3) is 14.3. The molecule has 0 amide bonds. The van der Waals surface area contributed by atoms with E-state index in [0.717, 1.165) is 27.0 Å². The Bertz CT molecular complexity index is 3180. The molecular formula is C73H88O15Si2. The second kappa shape index (κ2) is 29.5. The zero-order valence-corrected chi connectivity index (χ0v) is 55.3. The van der Waals surface area contributed by atoms with Gasteiger partial charge in [0.15, 0.2) is 6.29 Å². The van der Waals surface area contributed by atoms with E-state index in [0.29, 0.717) is 24.0 Å². The van der Waals surface area contributed by atoms with E-state index < -0.39 is 124 Å². The highest BCUT2D eigenvalue weighted by Gasteiger charge is 2.64. The first kappa shape index (κ1) is 66.6. The van der Waals surface area contributed by atoms with Gasteiger partial charge in [0.05, 0.1) is 47.8 Å². The fourth-order valence-electron chi connectivity index (χ4n) is 14.4. The van der Waals surface area contributed by atoms with Gasteiger partial charge in [0.25, 0.3) is 16.6 Å². The van der Waals surface area contributed by atoms with Crippen LogP contribution in [0.25, 0.3) is 0 Å². The number of methoxy groups -OCH3 is 3. The molecule has 0 bridgehead atoms. The molecule has 4 heterocycles. The summed E-state index contributed by atoms with van der Waals surface area (Å²) in [7, 11) is -2.00. The maximum absolute atomic E-state index is 15.1. The van der Waals surface area contributed by atoms with Crippen LogP contribution in [0.3, 0.4) is 0 Å². The van der Waals surface area contributed by atoms with Crippen molar-refractivity contribution in [1.29, 1.82) is 0 Å². The molecule has 90 heavy (non-hydrogen) atoms. The van der Waals surface area contributed by atoms with Crippen molar-refractivity contribution < 1.29 is 70.7 Å². The Hall–Kier alpha value is -6.33. The van der Waals surface area contributed by atoms with E-state index in [1.54, 1.807) is 82.0 Å². The summed E-state index contributed by atoms with van der Waals surface area (Å²) in [5.74, 6) is -1.75. The lowest BCUT2D eigenvalue weighted by Gasteiger charge is -2.53. The summed E-state index contributed by atoms with van der Waals surface area (Å²) in [6, 6.07) is 59.1. The molecule has 0 N–H and O–H groups in total. The summed E-state index contributed by atoms with van der Waals surface area (Å²) < 4.78 is 74.8. The lowest BCUT2D eigenvalue weighted by atomic mass is 9.85. The van der Waals surface area contributed by atoms with Gasteiger partial charge in [-0.1, -0.05) is 199 Å². The minimum absolute atomic E-state index is 0.0478. The Morgan fingerprint density at radius 2 is 0.978 bits per heavy atom. The van der Waals surface area contributed by atoms with Gasteiger partial charge in [-0.3, -0.25) is 4.79 Å². The first-order valence-corrected chi connectivity index (χ1v) is 35.5. The highest BCUT2D eigenvalue weighted by atomic mass is 28.4. The largest absolute Gasteiger partial charge is 0.458 e. The van der Waals surface area contributed by atoms with Crippen molar-refractivity contribution in [1.82, 2.24) is 0 Å². The van der Waals surface area contributed by atoms with Crippen molar-refractivity contribution in [3.05, 3.63) is 193 Å². The molecular weight excluding hydrogens is 1170 g/mol. The van der Waals surface area contributed by atoms with Crippen molar-refractivity contribution in [3.63, 3.8) is 0 Å². The van der Waals surface area contributed by atoms with Crippen LogP contribution in [0.5, 0.6) is 0 Å². The summed E-state index contributed by atoms with van der Waals surface area (Å²) in [5, 5.41) is 3.48. The second-order valence-corrected chi connectivity index (χ2v) is 34.7. The third-order valence-corrected chi connectivity index (χ3v) is 28.6. The quantitative estimate of drug-likeness (QED) is 0.0218. The summed E-state index contributed by atoms with van der Waals surface area (Å²) in [5.41, 5.74) is 0.679. The van der Waals surface area contributed by atoms with Gasteiger partial charge in [-0.05, 0) is 67.9 Å². The lowest BCUT2D eigenvalue weighted by Crippen LogP contribution is -2.73. The van der Waals surface area contributed by atoms with E-state index in [1.807, 2.05) is 24.3 Å². The molecule has 4 fully saturated rings. The van der Waals surface area contributed by atoms with Gasteiger partial charge in [0.2, 0.25) is 0 Å². The fourth-order valence-corrected chi connectivity index (χ4v) is 23.8. The molecule has 0 spiro atoms. The van der Waals surface area contributed by atoms with Gasteiger partial charge in [-0.15, -0.1) is 0 Å². The Morgan fingerprint density at radius 1 is 0.511 bits per heavy atom. The number of aldehydes is 1. The zero-order valence-electron chi connectivity index (χ0n) is 53.3. The van der Waals surface area contributed by atoms with Crippen LogP contribution in [-0.2, 0) is 61.1 Å². The van der Waals surface area contributed by atoms with Gasteiger partial charge in [0, 0.05) is 59.4 Å². The fraction of sp³-hybridized carbons (Fsp3) is 0.452. The number of carbonyl (C=O) groups is 4. The number of rotatable bonds is 26. The Labute approximate surface area is 532 Å². The molecule has 13 atom stereocenters. The topological polar surface area (TPSA) is 170 Å². The van der Waals surface area contributed by atoms with E-state index in [9.17, 15) is 14.4 Å². The first-order valence-electron chi connectivity index (χ1n) is 31.6. The Morgan fingerprint density at radius 3 is 1.44 bits per heavy atom.